The van der Waals surface area contributed by atoms with Crippen LogP contribution in [0.3, 0.4) is 0 Å². The molecule has 20 heavy (non-hydrogen) atoms. The number of aryl methyl sites for hydroxylation is 2. The SMILES string of the molecule is Cc1cccc(C)c1NC(=O)C1CCCCN1CCO. The van der Waals surface area contributed by atoms with Crippen molar-refractivity contribution in [2.45, 2.75) is 39.2 Å². The van der Waals surface area contributed by atoms with Crippen LogP contribution in [-0.4, -0.2) is 41.7 Å². The lowest BCUT2D eigenvalue weighted by atomic mass is 10.0. The van der Waals surface area contributed by atoms with Gasteiger partial charge in [-0.2, -0.15) is 0 Å². The average Bonchev–Trinajstić information content (AvgIpc) is 2.44. The Morgan fingerprint density at radius 1 is 1.35 bits per heavy atom. The summed E-state index contributed by atoms with van der Waals surface area (Å²) in [6, 6.07) is 5.90. The Morgan fingerprint density at radius 2 is 2.05 bits per heavy atom. The average molecular weight is 276 g/mol. The minimum atomic E-state index is -0.116. The van der Waals surface area contributed by atoms with E-state index in [0.29, 0.717) is 6.54 Å². The highest BCUT2D eigenvalue weighted by Gasteiger charge is 2.28. The summed E-state index contributed by atoms with van der Waals surface area (Å²) in [7, 11) is 0. The normalized spacial score (nSPS) is 19.9. The Balaban J connectivity index is 2.10. The molecule has 0 spiro atoms. The summed E-state index contributed by atoms with van der Waals surface area (Å²) < 4.78 is 0. The molecule has 0 aliphatic carbocycles. The molecule has 1 heterocycles. The monoisotopic (exact) mass is 276 g/mol. The Kier molecular flexibility index (Phi) is 5.15. The van der Waals surface area contributed by atoms with Crippen LogP contribution in [-0.2, 0) is 4.79 Å². The topological polar surface area (TPSA) is 52.6 Å². The molecule has 0 aromatic heterocycles. The van der Waals surface area contributed by atoms with Gasteiger partial charge in [0.1, 0.15) is 0 Å². The number of aliphatic hydroxyl groups is 1. The van der Waals surface area contributed by atoms with Crippen LogP contribution in [0.25, 0.3) is 0 Å². The highest BCUT2D eigenvalue weighted by atomic mass is 16.3. The van der Waals surface area contributed by atoms with Gasteiger partial charge < -0.3 is 10.4 Å². The van der Waals surface area contributed by atoms with Crippen LogP contribution in [0.2, 0.25) is 0 Å². The van der Waals surface area contributed by atoms with Gasteiger partial charge in [-0.05, 0) is 44.4 Å². The molecular formula is C16H24N2O2. The van der Waals surface area contributed by atoms with E-state index in [2.05, 4.69) is 10.2 Å². The van der Waals surface area contributed by atoms with Crippen LogP contribution >= 0.6 is 0 Å². The predicted molar refractivity (Wildman–Crippen MR) is 80.8 cm³/mol. The smallest absolute Gasteiger partial charge is 0.241 e. The van der Waals surface area contributed by atoms with Crippen LogP contribution in [0.15, 0.2) is 18.2 Å². The molecule has 1 unspecified atom stereocenters. The molecule has 0 bridgehead atoms. The molecule has 1 saturated heterocycles. The number of hydrogen-bond acceptors (Lipinski definition) is 3. The molecule has 2 N–H and O–H groups in total. The summed E-state index contributed by atoms with van der Waals surface area (Å²) in [5, 5.41) is 12.2. The number of carbonyl (C=O) groups is 1. The zero-order valence-corrected chi connectivity index (χ0v) is 12.4. The van der Waals surface area contributed by atoms with Crippen LogP contribution in [0.1, 0.15) is 30.4 Å². The Hall–Kier alpha value is -1.39. The van der Waals surface area contributed by atoms with Crippen molar-refractivity contribution in [2.75, 3.05) is 25.0 Å². The van der Waals surface area contributed by atoms with Gasteiger partial charge in [0.15, 0.2) is 0 Å². The summed E-state index contributed by atoms with van der Waals surface area (Å²) in [5.74, 6) is 0.0514. The van der Waals surface area contributed by atoms with Crippen molar-refractivity contribution < 1.29 is 9.90 Å². The molecule has 1 aliphatic rings. The molecule has 1 aromatic rings. The van der Waals surface area contributed by atoms with Crippen molar-refractivity contribution in [1.29, 1.82) is 0 Å². The van der Waals surface area contributed by atoms with E-state index in [0.717, 1.165) is 42.6 Å². The molecule has 0 saturated carbocycles. The van der Waals surface area contributed by atoms with E-state index in [1.165, 1.54) is 0 Å². The number of aliphatic hydroxyl groups excluding tert-OH is 1. The maximum atomic E-state index is 12.5. The lowest BCUT2D eigenvalue weighted by Crippen LogP contribution is -2.48. The summed E-state index contributed by atoms with van der Waals surface area (Å²) in [6.45, 7) is 5.59. The van der Waals surface area contributed by atoms with E-state index in [9.17, 15) is 4.79 Å². The summed E-state index contributed by atoms with van der Waals surface area (Å²) in [5.41, 5.74) is 3.10. The first-order chi connectivity index (χ1) is 9.63. The molecule has 0 radical (unpaired) electrons. The third kappa shape index (κ3) is 3.38. The zero-order valence-electron chi connectivity index (χ0n) is 12.4. The number of amides is 1. The number of para-hydroxylation sites is 1. The quantitative estimate of drug-likeness (QED) is 0.885. The van der Waals surface area contributed by atoms with Gasteiger partial charge in [-0.15, -0.1) is 0 Å². The molecule has 1 aromatic carbocycles. The van der Waals surface area contributed by atoms with Crippen LogP contribution in [0.4, 0.5) is 5.69 Å². The molecule has 1 amide bonds. The number of nitrogens with zero attached hydrogens (tertiary/aromatic N) is 1. The fraction of sp³-hybridized carbons (Fsp3) is 0.562. The maximum absolute atomic E-state index is 12.5. The molecule has 2 rings (SSSR count). The standard InChI is InChI=1S/C16H24N2O2/c1-12-6-5-7-13(2)15(12)17-16(20)14-8-3-4-9-18(14)10-11-19/h5-7,14,19H,3-4,8-11H2,1-2H3,(H,17,20). The Bertz CT molecular complexity index is 451. The number of nitrogens with one attached hydrogen (secondary N) is 1. The number of piperidine rings is 1. The number of carbonyl (C=O) groups excluding carboxylic acids is 1. The van der Waals surface area contributed by atoms with E-state index in [-0.39, 0.29) is 18.6 Å². The van der Waals surface area contributed by atoms with Gasteiger partial charge >= 0.3 is 0 Å². The van der Waals surface area contributed by atoms with Gasteiger partial charge in [-0.1, -0.05) is 24.6 Å². The third-order valence-corrected chi connectivity index (χ3v) is 4.03. The lowest BCUT2D eigenvalue weighted by Gasteiger charge is -2.34. The maximum Gasteiger partial charge on any atom is 0.241 e. The number of rotatable bonds is 4. The third-order valence-electron chi connectivity index (χ3n) is 4.03. The molecule has 1 atom stereocenters. The van der Waals surface area contributed by atoms with E-state index >= 15 is 0 Å². The number of benzene rings is 1. The number of β-amino-alcohol motifs (C(OH)–C–C–N with tert-alkyl or cyclic N) is 1. The number of hydrogen-bond donors (Lipinski definition) is 2. The molecule has 4 heteroatoms. The van der Waals surface area contributed by atoms with Gasteiger partial charge in [0, 0.05) is 12.2 Å². The molecule has 4 nitrogen and oxygen atoms in total. The first-order valence-electron chi connectivity index (χ1n) is 7.35. The predicted octanol–water partition coefficient (Wildman–Crippen LogP) is 2.09. The van der Waals surface area contributed by atoms with E-state index in [4.69, 9.17) is 5.11 Å². The van der Waals surface area contributed by atoms with Crippen LogP contribution < -0.4 is 5.32 Å². The van der Waals surface area contributed by atoms with Gasteiger partial charge in [0.05, 0.1) is 12.6 Å². The van der Waals surface area contributed by atoms with Gasteiger partial charge in [-0.25, -0.2) is 0 Å². The minimum Gasteiger partial charge on any atom is -0.395 e. The van der Waals surface area contributed by atoms with Gasteiger partial charge in [-0.3, -0.25) is 9.69 Å². The molecule has 1 aliphatic heterocycles. The van der Waals surface area contributed by atoms with Gasteiger partial charge in [0.2, 0.25) is 5.91 Å². The Labute approximate surface area is 120 Å². The van der Waals surface area contributed by atoms with Crippen LogP contribution in [0.5, 0.6) is 0 Å². The van der Waals surface area contributed by atoms with Crippen molar-refractivity contribution in [3.63, 3.8) is 0 Å². The fourth-order valence-corrected chi connectivity index (χ4v) is 2.90. The highest BCUT2D eigenvalue weighted by molar-refractivity contribution is 5.96. The van der Waals surface area contributed by atoms with Crippen molar-refractivity contribution in [3.8, 4) is 0 Å². The van der Waals surface area contributed by atoms with Gasteiger partial charge in [0.25, 0.3) is 0 Å². The van der Waals surface area contributed by atoms with Crippen molar-refractivity contribution in [2.24, 2.45) is 0 Å². The van der Waals surface area contributed by atoms with E-state index in [1.54, 1.807) is 0 Å². The first kappa shape index (κ1) is 15.0. The van der Waals surface area contributed by atoms with Crippen molar-refractivity contribution >= 4 is 11.6 Å². The first-order valence-corrected chi connectivity index (χ1v) is 7.35. The minimum absolute atomic E-state index is 0.0514. The summed E-state index contributed by atoms with van der Waals surface area (Å²) in [6.07, 6.45) is 3.05. The summed E-state index contributed by atoms with van der Waals surface area (Å²) >= 11 is 0. The highest BCUT2D eigenvalue weighted by Crippen LogP contribution is 2.22. The summed E-state index contributed by atoms with van der Waals surface area (Å²) in [4.78, 5) is 14.6. The molecule has 1 fully saturated rings. The number of likely N-dealkylation sites (tertiary alicyclic amines) is 1. The largest absolute Gasteiger partial charge is 0.395 e. The second-order valence-corrected chi connectivity index (χ2v) is 5.53. The second-order valence-electron chi connectivity index (χ2n) is 5.53. The number of anilines is 1. The van der Waals surface area contributed by atoms with Crippen LogP contribution in [0, 0.1) is 13.8 Å². The second kappa shape index (κ2) is 6.86. The zero-order chi connectivity index (χ0) is 14.5. The van der Waals surface area contributed by atoms with E-state index < -0.39 is 0 Å². The lowest BCUT2D eigenvalue weighted by molar-refractivity contribution is -0.122. The van der Waals surface area contributed by atoms with Crippen molar-refractivity contribution in [1.82, 2.24) is 4.90 Å². The van der Waals surface area contributed by atoms with E-state index in [1.807, 2.05) is 32.0 Å². The molecule has 110 valence electrons. The van der Waals surface area contributed by atoms with Crippen molar-refractivity contribution in [3.05, 3.63) is 29.3 Å². The molecular weight excluding hydrogens is 252 g/mol. The fourth-order valence-electron chi connectivity index (χ4n) is 2.90. The Morgan fingerprint density at radius 3 is 2.70 bits per heavy atom.